The number of amides is 2. The Kier molecular flexibility index (Phi) is 11.3. The molecule has 0 saturated carbocycles. The van der Waals surface area contributed by atoms with Crippen molar-refractivity contribution in [1.82, 2.24) is 19.8 Å². The molecule has 8 nitrogen and oxygen atoms in total. The van der Waals surface area contributed by atoms with E-state index in [1.165, 1.54) is 0 Å². The predicted octanol–water partition coefficient (Wildman–Crippen LogP) is 4.93. The van der Waals surface area contributed by atoms with Gasteiger partial charge in [0.25, 0.3) is 0 Å². The first-order valence-electron chi connectivity index (χ1n) is 14.0. The molecule has 1 heterocycles. The Hall–Kier alpha value is -4.09. The Morgan fingerprint density at radius 3 is 2.27 bits per heavy atom. The molecule has 0 fully saturated rings. The van der Waals surface area contributed by atoms with Gasteiger partial charge >= 0.3 is 0 Å². The Balaban J connectivity index is 1.66. The number of benzene rings is 2. The zero-order valence-electron chi connectivity index (χ0n) is 24.3. The second kappa shape index (κ2) is 14.9. The van der Waals surface area contributed by atoms with Crippen LogP contribution < -0.4 is 5.32 Å². The average Bonchev–Trinajstić information content (AvgIpc) is 2.96. The van der Waals surface area contributed by atoms with Crippen LogP contribution in [-0.4, -0.2) is 64.3 Å². The summed E-state index contributed by atoms with van der Waals surface area (Å²) in [5.74, 6) is 0.483. The van der Waals surface area contributed by atoms with E-state index in [0.29, 0.717) is 42.2 Å². The smallest absolute Gasteiger partial charge is 0.227 e. The highest BCUT2D eigenvalue weighted by molar-refractivity contribution is 5.93. The van der Waals surface area contributed by atoms with Crippen molar-refractivity contribution in [2.75, 3.05) is 38.0 Å². The van der Waals surface area contributed by atoms with Crippen LogP contribution in [0.3, 0.4) is 0 Å². The highest BCUT2D eigenvalue weighted by Crippen LogP contribution is 2.24. The normalized spacial score (nSPS) is 10.9. The summed E-state index contributed by atoms with van der Waals surface area (Å²) in [6.07, 6.45) is 2.64. The number of nitrogens with one attached hydrogen (secondary N) is 1. The van der Waals surface area contributed by atoms with Crippen LogP contribution in [0.15, 0.2) is 54.7 Å². The summed E-state index contributed by atoms with van der Waals surface area (Å²) in [7, 11) is 0. The Morgan fingerprint density at radius 2 is 1.65 bits per heavy atom. The number of aromatic nitrogens is 2. The minimum Gasteiger partial charge on any atom is -0.341 e. The molecule has 0 aliphatic rings. The van der Waals surface area contributed by atoms with Crippen molar-refractivity contribution >= 4 is 17.5 Å². The molecule has 210 valence electrons. The molecule has 0 bridgehead atoms. The number of hydrogen-bond donors (Lipinski definition) is 1. The van der Waals surface area contributed by atoms with Gasteiger partial charge in [0, 0.05) is 43.7 Å². The highest BCUT2D eigenvalue weighted by Gasteiger charge is 2.15. The number of rotatable bonds is 13. The van der Waals surface area contributed by atoms with Crippen LogP contribution >= 0.6 is 0 Å². The molecule has 2 amide bonds. The van der Waals surface area contributed by atoms with E-state index >= 15 is 0 Å². The number of likely N-dealkylation sites (N-methyl/N-ethyl adjacent to an activating group) is 2. The molecule has 3 rings (SSSR count). The molecule has 0 radical (unpaired) electrons. The Labute approximate surface area is 238 Å². The maximum Gasteiger partial charge on any atom is 0.227 e. The Bertz CT molecular complexity index is 1330. The molecule has 0 aliphatic carbocycles. The van der Waals surface area contributed by atoms with Crippen molar-refractivity contribution < 1.29 is 9.59 Å². The van der Waals surface area contributed by atoms with E-state index in [1.54, 1.807) is 38.2 Å². The highest BCUT2D eigenvalue weighted by atomic mass is 16.2. The summed E-state index contributed by atoms with van der Waals surface area (Å²) in [4.78, 5) is 38.4. The van der Waals surface area contributed by atoms with Crippen LogP contribution in [0.5, 0.6) is 0 Å². The SMILES string of the molecule is CCN(CC)CCN(CC)C(=O)Cc1ccc(Cc2nccc(-c3ccc(NC(=O)C(C)C)c(C#N)c3)n2)cc1. The van der Waals surface area contributed by atoms with Crippen molar-refractivity contribution in [1.29, 1.82) is 5.26 Å². The Morgan fingerprint density at radius 1 is 0.950 bits per heavy atom. The summed E-state index contributed by atoms with van der Waals surface area (Å²) in [6, 6.07) is 17.3. The molecule has 8 heteroatoms. The summed E-state index contributed by atoms with van der Waals surface area (Å²) < 4.78 is 0. The standard InChI is InChI=1S/C32H40N6O2/c1-6-37(7-2)17-18-38(8-3)31(39)20-25-11-9-24(10-12-25)19-30-34-16-15-29(35-30)26-13-14-28(27(21-26)22-33)36-32(40)23(4)5/h9-16,21,23H,6-8,17-20H2,1-5H3,(H,36,40). The van der Waals surface area contributed by atoms with Crippen molar-refractivity contribution in [2.45, 2.75) is 47.5 Å². The summed E-state index contributed by atoms with van der Waals surface area (Å²) in [5.41, 5.74) is 4.38. The molecule has 0 atom stereocenters. The second-order valence-corrected chi connectivity index (χ2v) is 10.0. The number of carbonyl (C=O) groups excluding carboxylic acids is 2. The minimum absolute atomic E-state index is 0.137. The topological polar surface area (TPSA) is 102 Å². The van der Waals surface area contributed by atoms with Gasteiger partial charge in [0.2, 0.25) is 11.8 Å². The van der Waals surface area contributed by atoms with Crippen molar-refractivity contribution in [3.63, 3.8) is 0 Å². The first-order chi connectivity index (χ1) is 19.3. The van der Waals surface area contributed by atoms with Crippen LogP contribution in [0.2, 0.25) is 0 Å². The van der Waals surface area contributed by atoms with Gasteiger partial charge in [0.1, 0.15) is 11.9 Å². The molecule has 3 aromatic rings. The average molecular weight is 541 g/mol. The molecule has 1 N–H and O–H groups in total. The van der Waals surface area contributed by atoms with Crippen LogP contribution in [0, 0.1) is 17.2 Å². The molecule has 1 aromatic heterocycles. The maximum atomic E-state index is 12.9. The molecular weight excluding hydrogens is 500 g/mol. The minimum atomic E-state index is -0.182. The van der Waals surface area contributed by atoms with Crippen molar-refractivity contribution in [3.8, 4) is 17.3 Å². The molecule has 2 aromatic carbocycles. The van der Waals surface area contributed by atoms with Gasteiger partial charge in [-0.1, -0.05) is 58.0 Å². The van der Waals surface area contributed by atoms with Gasteiger partial charge < -0.3 is 15.1 Å². The molecule has 0 spiro atoms. The van der Waals surface area contributed by atoms with Gasteiger partial charge in [0.05, 0.1) is 23.4 Å². The van der Waals surface area contributed by atoms with E-state index in [9.17, 15) is 14.9 Å². The van der Waals surface area contributed by atoms with Crippen LogP contribution in [0.1, 0.15) is 57.1 Å². The first-order valence-corrected chi connectivity index (χ1v) is 14.0. The molecular formula is C32H40N6O2. The zero-order valence-corrected chi connectivity index (χ0v) is 24.3. The molecule has 0 unspecified atom stereocenters. The fraction of sp³-hybridized carbons (Fsp3) is 0.406. The molecule has 0 saturated heterocycles. The fourth-order valence-electron chi connectivity index (χ4n) is 4.33. The quantitative estimate of drug-likeness (QED) is 0.330. The third kappa shape index (κ3) is 8.45. The van der Waals surface area contributed by atoms with Gasteiger partial charge in [0.15, 0.2) is 0 Å². The number of nitriles is 1. The monoisotopic (exact) mass is 540 g/mol. The van der Waals surface area contributed by atoms with Crippen LogP contribution in [0.4, 0.5) is 5.69 Å². The van der Waals surface area contributed by atoms with Crippen LogP contribution in [0.25, 0.3) is 11.3 Å². The van der Waals surface area contributed by atoms with Gasteiger partial charge in [-0.05, 0) is 49.3 Å². The fourth-order valence-corrected chi connectivity index (χ4v) is 4.33. The summed E-state index contributed by atoms with van der Waals surface area (Å²) >= 11 is 0. The number of hydrogen-bond acceptors (Lipinski definition) is 6. The number of carbonyl (C=O) groups is 2. The summed E-state index contributed by atoms with van der Waals surface area (Å²) in [5, 5.41) is 12.4. The maximum absolute atomic E-state index is 12.9. The lowest BCUT2D eigenvalue weighted by Crippen LogP contribution is -2.39. The van der Waals surface area contributed by atoms with Gasteiger partial charge in [-0.2, -0.15) is 5.26 Å². The van der Waals surface area contributed by atoms with Gasteiger partial charge in [-0.15, -0.1) is 0 Å². The molecule has 0 aliphatic heterocycles. The second-order valence-electron chi connectivity index (χ2n) is 10.0. The van der Waals surface area contributed by atoms with Crippen molar-refractivity contribution in [2.24, 2.45) is 5.92 Å². The third-order valence-electron chi connectivity index (χ3n) is 6.98. The summed E-state index contributed by atoms with van der Waals surface area (Å²) in [6.45, 7) is 14.2. The lowest BCUT2D eigenvalue weighted by Gasteiger charge is -2.25. The zero-order chi connectivity index (χ0) is 29.1. The molecule has 40 heavy (non-hydrogen) atoms. The lowest BCUT2D eigenvalue weighted by atomic mass is 10.0. The lowest BCUT2D eigenvalue weighted by molar-refractivity contribution is -0.130. The number of nitrogens with zero attached hydrogens (tertiary/aromatic N) is 5. The van der Waals surface area contributed by atoms with Crippen molar-refractivity contribution in [3.05, 3.63) is 77.2 Å². The largest absolute Gasteiger partial charge is 0.341 e. The van der Waals surface area contributed by atoms with E-state index in [0.717, 1.165) is 42.9 Å². The van der Waals surface area contributed by atoms with Gasteiger partial charge in [-0.25, -0.2) is 9.97 Å². The van der Waals surface area contributed by atoms with E-state index < -0.39 is 0 Å². The van der Waals surface area contributed by atoms with Gasteiger partial charge in [-0.3, -0.25) is 9.59 Å². The van der Waals surface area contributed by atoms with Crippen LogP contribution in [-0.2, 0) is 22.4 Å². The van der Waals surface area contributed by atoms with E-state index in [4.69, 9.17) is 4.98 Å². The van der Waals surface area contributed by atoms with E-state index in [1.807, 2.05) is 42.2 Å². The predicted molar refractivity (Wildman–Crippen MR) is 159 cm³/mol. The van der Waals surface area contributed by atoms with E-state index in [-0.39, 0.29) is 17.7 Å². The third-order valence-corrected chi connectivity index (χ3v) is 6.98. The first kappa shape index (κ1) is 30.5. The van der Waals surface area contributed by atoms with E-state index in [2.05, 4.69) is 35.1 Å². The number of anilines is 1.